The Morgan fingerprint density at radius 3 is 2.46 bits per heavy atom. The van der Waals surface area contributed by atoms with Crippen molar-refractivity contribution in [3.8, 4) is 5.75 Å². The van der Waals surface area contributed by atoms with Crippen LogP contribution < -0.4 is 15.4 Å². The Bertz CT molecular complexity index is 730. The second kappa shape index (κ2) is 8.36. The van der Waals surface area contributed by atoms with Crippen molar-refractivity contribution in [1.82, 2.24) is 5.32 Å². The molecule has 0 bridgehead atoms. The molecule has 0 aliphatic rings. The fourth-order valence-corrected chi connectivity index (χ4v) is 2.26. The Labute approximate surface area is 146 Å². The van der Waals surface area contributed by atoms with Crippen LogP contribution in [0.3, 0.4) is 0 Å². The van der Waals surface area contributed by atoms with Gasteiger partial charge >= 0.3 is 0 Å². The zero-order valence-corrected chi connectivity index (χ0v) is 14.3. The fraction of sp³-hybridized carbons (Fsp3) is 0.222. The topological polar surface area (TPSA) is 67.4 Å². The predicted molar refractivity (Wildman–Crippen MR) is 94.3 cm³/mol. The maximum atomic E-state index is 11.9. The minimum absolute atomic E-state index is 0.248. The van der Waals surface area contributed by atoms with E-state index in [9.17, 15) is 9.59 Å². The van der Waals surface area contributed by atoms with Gasteiger partial charge in [0, 0.05) is 17.3 Å². The van der Waals surface area contributed by atoms with Crippen molar-refractivity contribution in [2.75, 3.05) is 12.4 Å². The van der Waals surface area contributed by atoms with E-state index < -0.39 is 0 Å². The minimum Gasteiger partial charge on any atom is -0.497 e. The lowest BCUT2D eigenvalue weighted by atomic mass is 10.2. The van der Waals surface area contributed by atoms with Crippen LogP contribution in [0.2, 0.25) is 5.02 Å². The number of methoxy groups -OCH3 is 1. The molecule has 2 amide bonds. The maximum Gasteiger partial charge on any atom is 0.233 e. The van der Waals surface area contributed by atoms with Crippen molar-refractivity contribution in [3.05, 3.63) is 58.6 Å². The molecule has 2 rings (SSSR count). The average molecular weight is 347 g/mol. The third-order valence-electron chi connectivity index (χ3n) is 3.51. The molecule has 0 radical (unpaired) electrons. The minimum atomic E-state index is -0.382. The van der Waals surface area contributed by atoms with Gasteiger partial charge in [0.05, 0.1) is 7.11 Å². The third-order valence-corrected chi connectivity index (χ3v) is 3.92. The van der Waals surface area contributed by atoms with Gasteiger partial charge < -0.3 is 15.4 Å². The summed E-state index contributed by atoms with van der Waals surface area (Å²) in [5.74, 6) is 0.0249. The normalized spacial score (nSPS) is 10.1. The fourth-order valence-electron chi connectivity index (χ4n) is 2.09. The number of benzene rings is 2. The molecule has 2 N–H and O–H groups in total. The molecular formula is C18H19ClN2O3. The van der Waals surface area contributed by atoms with Crippen molar-refractivity contribution in [2.45, 2.75) is 19.9 Å². The summed E-state index contributed by atoms with van der Waals surface area (Å²) >= 11 is 6.00. The highest BCUT2D eigenvalue weighted by Crippen LogP contribution is 2.22. The van der Waals surface area contributed by atoms with Gasteiger partial charge in [-0.1, -0.05) is 29.8 Å². The second-order valence-electron chi connectivity index (χ2n) is 5.26. The van der Waals surface area contributed by atoms with E-state index in [0.29, 0.717) is 17.3 Å². The van der Waals surface area contributed by atoms with E-state index in [-0.39, 0.29) is 18.2 Å². The van der Waals surface area contributed by atoms with Crippen LogP contribution in [-0.2, 0) is 16.1 Å². The van der Waals surface area contributed by atoms with Crippen LogP contribution in [0, 0.1) is 6.92 Å². The van der Waals surface area contributed by atoms with E-state index in [2.05, 4.69) is 10.6 Å². The van der Waals surface area contributed by atoms with Crippen molar-refractivity contribution >= 4 is 29.1 Å². The predicted octanol–water partition coefficient (Wildman–Crippen LogP) is 3.30. The largest absolute Gasteiger partial charge is 0.497 e. The number of anilines is 1. The first kappa shape index (κ1) is 17.8. The monoisotopic (exact) mass is 346 g/mol. The average Bonchev–Trinajstić information content (AvgIpc) is 2.57. The van der Waals surface area contributed by atoms with Crippen LogP contribution in [0.25, 0.3) is 0 Å². The van der Waals surface area contributed by atoms with Gasteiger partial charge in [0.1, 0.15) is 12.2 Å². The second-order valence-corrected chi connectivity index (χ2v) is 5.67. The molecule has 5 nitrogen and oxygen atoms in total. The number of halogens is 1. The molecule has 126 valence electrons. The van der Waals surface area contributed by atoms with Crippen molar-refractivity contribution < 1.29 is 14.3 Å². The first-order valence-electron chi connectivity index (χ1n) is 7.44. The molecule has 0 heterocycles. The molecule has 6 heteroatoms. The summed E-state index contributed by atoms with van der Waals surface area (Å²) in [6.45, 7) is 2.16. The van der Waals surface area contributed by atoms with Gasteiger partial charge in [-0.05, 0) is 42.3 Å². The van der Waals surface area contributed by atoms with Crippen molar-refractivity contribution in [1.29, 1.82) is 0 Å². The van der Waals surface area contributed by atoms with Crippen LogP contribution >= 0.6 is 11.6 Å². The van der Waals surface area contributed by atoms with Gasteiger partial charge in [0.15, 0.2) is 0 Å². The molecule has 0 aromatic heterocycles. The highest BCUT2D eigenvalue weighted by molar-refractivity contribution is 6.31. The van der Waals surface area contributed by atoms with Gasteiger partial charge in [0.25, 0.3) is 0 Å². The summed E-state index contributed by atoms with van der Waals surface area (Å²) in [6.07, 6.45) is -0.248. The zero-order valence-electron chi connectivity index (χ0n) is 13.6. The van der Waals surface area contributed by atoms with E-state index >= 15 is 0 Å². The van der Waals surface area contributed by atoms with E-state index in [1.807, 2.05) is 31.2 Å². The molecule has 0 fully saturated rings. The number of amides is 2. The number of carbonyl (C=O) groups excluding carboxylic acids is 2. The molecule has 0 aliphatic carbocycles. The number of nitrogens with one attached hydrogen (secondary N) is 2. The first-order valence-corrected chi connectivity index (χ1v) is 7.82. The van der Waals surface area contributed by atoms with E-state index in [4.69, 9.17) is 16.3 Å². The third kappa shape index (κ3) is 4.99. The van der Waals surface area contributed by atoms with Crippen molar-refractivity contribution in [2.24, 2.45) is 0 Å². The van der Waals surface area contributed by atoms with E-state index in [1.165, 1.54) is 0 Å². The van der Waals surface area contributed by atoms with Crippen LogP contribution in [0.1, 0.15) is 17.5 Å². The summed E-state index contributed by atoms with van der Waals surface area (Å²) in [7, 11) is 1.59. The summed E-state index contributed by atoms with van der Waals surface area (Å²) in [5.41, 5.74) is 2.30. The molecule has 0 atom stereocenters. The summed E-state index contributed by atoms with van der Waals surface area (Å²) in [6, 6.07) is 12.6. The van der Waals surface area contributed by atoms with Crippen LogP contribution in [0.4, 0.5) is 5.69 Å². The number of carbonyl (C=O) groups is 2. The lowest BCUT2D eigenvalue weighted by Crippen LogP contribution is -2.27. The molecular weight excluding hydrogens is 328 g/mol. The van der Waals surface area contributed by atoms with Crippen LogP contribution in [0.5, 0.6) is 5.75 Å². The number of ether oxygens (including phenoxy) is 1. The number of hydrogen-bond acceptors (Lipinski definition) is 3. The summed E-state index contributed by atoms with van der Waals surface area (Å²) < 4.78 is 5.07. The van der Waals surface area contributed by atoms with Crippen LogP contribution in [0.15, 0.2) is 42.5 Å². The Morgan fingerprint density at radius 2 is 1.79 bits per heavy atom. The van der Waals surface area contributed by atoms with Gasteiger partial charge in [-0.15, -0.1) is 0 Å². The van der Waals surface area contributed by atoms with Crippen molar-refractivity contribution in [3.63, 3.8) is 0 Å². The SMILES string of the molecule is COc1ccc(CNC(=O)CC(=O)Nc2cccc(Cl)c2C)cc1. The lowest BCUT2D eigenvalue weighted by Gasteiger charge is -2.10. The molecule has 0 aliphatic heterocycles. The zero-order chi connectivity index (χ0) is 17.5. The molecule has 2 aromatic carbocycles. The van der Waals surface area contributed by atoms with Crippen LogP contribution in [-0.4, -0.2) is 18.9 Å². The highest BCUT2D eigenvalue weighted by atomic mass is 35.5. The number of rotatable bonds is 6. The Morgan fingerprint density at radius 1 is 1.08 bits per heavy atom. The Hall–Kier alpha value is -2.53. The molecule has 24 heavy (non-hydrogen) atoms. The Balaban J connectivity index is 1.83. The molecule has 0 spiro atoms. The summed E-state index contributed by atoms with van der Waals surface area (Å²) in [5, 5.41) is 5.97. The van der Waals surface area contributed by atoms with E-state index in [1.54, 1.807) is 25.3 Å². The highest BCUT2D eigenvalue weighted by Gasteiger charge is 2.11. The maximum absolute atomic E-state index is 11.9. The van der Waals surface area contributed by atoms with E-state index in [0.717, 1.165) is 16.9 Å². The van der Waals surface area contributed by atoms with Gasteiger partial charge in [-0.3, -0.25) is 9.59 Å². The standard InChI is InChI=1S/C18H19ClN2O3/c1-12-15(19)4-3-5-16(12)21-18(23)10-17(22)20-11-13-6-8-14(24-2)9-7-13/h3-9H,10-11H2,1-2H3,(H,20,22)(H,21,23). The molecule has 0 saturated carbocycles. The van der Waals surface area contributed by atoms with Gasteiger partial charge in [-0.25, -0.2) is 0 Å². The smallest absolute Gasteiger partial charge is 0.233 e. The molecule has 0 saturated heterocycles. The Kier molecular flexibility index (Phi) is 6.21. The lowest BCUT2D eigenvalue weighted by molar-refractivity contribution is -0.126. The van der Waals surface area contributed by atoms with Gasteiger partial charge in [0.2, 0.25) is 11.8 Å². The first-order chi connectivity index (χ1) is 11.5. The quantitative estimate of drug-likeness (QED) is 0.788. The van der Waals surface area contributed by atoms with Gasteiger partial charge in [-0.2, -0.15) is 0 Å². The molecule has 2 aromatic rings. The summed E-state index contributed by atoms with van der Waals surface area (Å²) in [4.78, 5) is 23.8. The number of hydrogen-bond donors (Lipinski definition) is 2. The molecule has 0 unspecified atom stereocenters.